The molecule has 168 valence electrons. The van der Waals surface area contributed by atoms with Crippen LogP contribution >= 0.6 is 11.6 Å². The number of fused-ring (bicyclic) bond motifs is 3. The van der Waals surface area contributed by atoms with E-state index in [-0.39, 0.29) is 17.8 Å². The van der Waals surface area contributed by atoms with Gasteiger partial charge in [-0.2, -0.15) is 4.98 Å². The molecular weight excluding hydrogens is 438 g/mol. The van der Waals surface area contributed by atoms with Crippen LogP contribution in [0.15, 0.2) is 64.2 Å². The fraction of sp³-hybridized carbons (Fsp3) is 0.240. The highest BCUT2D eigenvalue weighted by molar-refractivity contribution is 6.31. The number of rotatable bonds is 4. The number of benzene rings is 2. The minimum Gasteiger partial charge on any atom is -0.312 e. The number of nitrogens with zero attached hydrogens (tertiary/aromatic N) is 5. The van der Waals surface area contributed by atoms with Gasteiger partial charge >= 0.3 is 5.69 Å². The van der Waals surface area contributed by atoms with Crippen LogP contribution in [0.2, 0.25) is 5.02 Å². The van der Waals surface area contributed by atoms with Crippen molar-refractivity contribution in [3.8, 4) is 0 Å². The van der Waals surface area contributed by atoms with Crippen molar-refractivity contribution in [3.63, 3.8) is 0 Å². The Morgan fingerprint density at radius 1 is 1.09 bits per heavy atom. The quantitative estimate of drug-likeness (QED) is 0.458. The zero-order chi connectivity index (χ0) is 23.1. The van der Waals surface area contributed by atoms with E-state index >= 15 is 0 Å². The molecule has 0 bridgehead atoms. The molecule has 0 amide bonds. The van der Waals surface area contributed by atoms with Crippen LogP contribution < -0.4 is 16.1 Å². The lowest BCUT2D eigenvalue weighted by Crippen LogP contribution is -2.39. The number of aromatic nitrogens is 4. The van der Waals surface area contributed by atoms with Crippen LogP contribution in [0.5, 0.6) is 0 Å². The van der Waals surface area contributed by atoms with E-state index in [0.29, 0.717) is 28.7 Å². The van der Waals surface area contributed by atoms with Gasteiger partial charge < -0.3 is 9.47 Å². The molecule has 0 N–H and O–H groups in total. The highest BCUT2D eigenvalue weighted by atomic mass is 35.5. The van der Waals surface area contributed by atoms with Crippen LogP contribution in [0.25, 0.3) is 17.2 Å². The van der Waals surface area contributed by atoms with Crippen molar-refractivity contribution in [3.05, 3.63) is 91.6 Å². The molecule has 0 radical (unpaired) electrons. The fourth-order valence-corrected chi connectivity index (χ4v) is 4.45. The van der Waals surface area contributed by atoms with Crippen molar-refractivity contribution >= 4 is 40.5 Å². The van der Waals surface area contributed by atoms with E-state index in [0.717, 1.165) is 29.8 Å². The zero-order valence-electron chi connectivity index (χ0n) is 18.5. The van der Waals surface area contributed by atoms with E-state index in [2.05, 4.69) is 4.90 Å². The lowest BCUT2D eigenvalue weighted by atomic mass is 10.2. The predicted molar refractivity (Wildman–Crippen MR) is 133 cm³/mol. The number of allylic oxidation sites excluding steroid dienone is 1. The molecule has 8 heteroatoms. The second-order valence-electron chi connectivity index (χ2n) is 8.24. The van der Waals surface area contributed by atoms with Crippen LogP contribution in [0, 0.1) is 6.92 Å². The fourth-order valence-electron chi connectivity index (χ4n) is 4.28. The summed E-state index contributed by atoms with van der Waals surface area (Å²) in [6, 6.07) is 15.7. The lowest BCUT2D eigenvalue weighted by molar-refractivity contribution is 0.598. The molecule has 0 fully saturated rings. The van der Waals surface area contributed by atoms with Crippen LogP contribution in [-0.2, 0) is 20.1 Å². The minimum atomic E-state index is -0.384. The Balaban J connectivity index is 1.61. The third-order valence-electron chi connectivity index (χ3n) is 6.08. The van der Waals surface area contributed by atoms with Gasteiger partial charge in [0.2, 0.25) is 5.95 Å². The molecule has 0 unspecified atom stereocenters. The average molecular weight is 462 g/mol. The van der Waals surface area contributed by atoms with Gasteiger partial charge in [-0.25, -0.2) is 4.79 Å². The van der Waals surface area contributed by atoms with E-state index in [4.69, 9.17) is 16.6 Å². The summed E-state index contributed by atoms with van der Waals surface area (Å²) in [5.41, 5.74) is 3.06. The normalized spacial score (nSPS) is 13.7. The first kappa shape index (κ1) is 21.3. The van der Waals surface area contributed by atoms with Crippen LogP contribution in [0.3, 0.4) is 0 Å². The van der Waals surface area contributed by atoms with E-state index in [1.165, 1.54) is 9.13 Å². The van der Waals surface area contributed by atoms with E-state index in [1.807, 2.05) is 72.2 Å². The first-order valence-electron chi connectivity index (χ1n) is 10.9. The summed E-state index contributed by atoms with van der Waals surface area (Å²) in [4.78, 5) is 33.2. The standard InChI is InChI=1S/C25H24ClN5O2/c1-17-11-12-19(16-20(17)26)29-14-7-15-30-21-22(27-24(29)30)28(2)25(33)31(23(21)32)13-6-10-18-8-4-3-5-9-18/h3-6,8-12,16H,7,13-15H2,1-2H3. The van der Waals surface area contributed by atoms with Crippen molar-refractivity contribution in [1.82, 2.24) is 18.7 Å². The van der Waals surface area contributed by atoms with Crippen LogP contribution in [0.1, 0.15) is 17.5 Å². The summed E-state index contributed by atoms with van der Waals surface area (Å²) in [5.74, 6) is 0.654. The second kappa shape index (κ2) is 8.41. The number of hydrogen-bond donors (Lipinski definition) is 0. The van der Waals surface area contributed by atoms with Crippen molar-refractivity contribution in [2.45, 2.75) is 26.4 Å². The van der Waals surface area contributed by atoms with Crippen LogP contribution in [0.4, 0.5) is 11.6 Å². The SMILES string of the molecule is Cc1ccc(N2CCCn3c2nc2c3c(=O)n(CC=Cc3ccccc3)c(=O)n2C)cc1Cl. The lowest BCUT2D eigenvalue weighted by Gasteiger charge is -2.29. The largest absolute Gasteiger partial charge is 0.332 e. The first-order chi connectivity index (χ1) is 16.0. The van der Waals surface area contributed by atoms with Gasteiger partial charge in [0.15, 0.2) is 11.2 Å². The molecule has 1 aliphatic rings. The maximum Gasteiger partial charge on any atom is 0.332 e. The molecule has 2 aromatic heterocycles. The summed E-state index contributed by atoms with van der Waals surface area (Å²) in [6.07, 6.45) is 4.59. The molecule has 1 aliphatic heterocycles. The van der Waals surface area contributed by atoms with Crippen LogP contribution in [-0.4, -0.2) is 25.2 Å². The van der Waals surface area contributed by atoms with Gasteiger partial charge in [0.1, 0.15) is 0 Å². The highest BCUT2D eigenvalue weighted by Crippen LogP contribution is 2.33. The number of halogens is 1. The first-order valence-corrected chi connectivity index (χ1v) is 11.3. The van der Waals surface area contributed by atoms with Gasteiger partial charge in [-0.3, -0.25) is 13.9 Å². The summed E-state index contributed by atoms with van der Waals surface area (Å²) in [6.45, 7) is 3.57. The molecule has 0 saturated carbocycles. The van der Waals surface area contributed by atoms with Crippen molar-refractivity contribution in [2.24, 2.45) is 7.05 Å². The third-order valence-corrected chi connectivity index (χ3v) is 6.49. The molecule has 0 atom stereocenters. The molecular formula is C25H24ClN5O2. The molecule has 4 aromatic rings. The van der Waals surface area contributed by atoms with Gasteiger partial charge in [0.25, 0.3) is 5.56 Å². The summed E-state index contributed by atoms with van der Waals surface area (Å²) in [7, 11) is 1.66. The van der Waals surface area contributed by atoms with Gasteiger partial charge in [-0.1, -0.05) is 60.2 Å². The molecule has 0 spiro atoms. The maximum atomic E-state index is 13.4. The number of aryl methyl sites for hydroxylation is 3. The van der Waals surface area contributed by atoms with Gasteiger partial charge in [-0.15, -0.1) is 0 Å². The zero-order valence-corrected chi connectivity index (χ0v) is 19.3. The highest BCUT2D eigenvalue weighted by Gasteiger charge is 2.27. The molecule has 33 heavy (non-hydrogen) atoms. The maximum absolute atomic E-state index is 13.4. The van der Waals surface area contributed by atoms with Crippen molar-refractivity contribution < 1.29 is 0 Å². The molecule has 0 saturated heterocycles. The monoisotopic (exact) mass is 461 g/mol. The number of anilines is 2. The Morgan fingerprint density at radius 3 is 2.64 bits per heavy atom. The number of hydrogen-bond acceptors (Lipinski definition) is 4. The molecule has 3 heterocycles. The Kier molecular flexibility index (Phi) is 5.42. The average Bonchev–Trinajstić information content (AvgIpc) is 3.22. The molecule has 5 rings (SSSR count). The molecule has 0 aliphatic carbocycles. The second-order valence-corrected chi connectivity index (χ2v) is 8.65. The van der Waals surface area contributed by atoms with Gasteiger partial charge in [0.05, 0.1) is 0 Å². The van der Waals surface area contributed by atoms with Crippen molar-refractivity contribution in [2.75, 3.05) is 11.4 Å². The Hall–Kier alpha value is -3.58. The smallest absolute Gasteiger partial charge is 0.312 e. The molecule has 2 aromatic carbocycles. The van der Waals surface area contributed by atoms with E-state index in [9.17, 15) is 9.59 Å². The van der Waals surface area contributed by atoms with Crippen molar-refractivity contribution in [1.29, 1.82) is 0 Å². The van der Waals surface area contributed by atoms with E-state index < -0.39 is 0 Å². The summed E-state index contributed by atoms with van der Waals surface area (Å²) in [5, 5.41) is 0.681. The predicted octanol–water partition coefficient (Wildman–Crippen LogP) is 4.11. The Labute approximate surface area is 195 Å². The summed E-state index contributed by atoms with van der Waals surface area (Å²) < 4.78 is 4.64. The minimum absolute atomic E-state index is 0.189. The third kappa shape index (κ3) is 3.68. The number of imidazole rings is 1. The van der Waals surface area contributed by atoms with Gasteiger partial charge in [-0.05, 0) is 36.6 Å². The molecule has 7 nitrogen and oxygen atoms in total. The van der Waals surface area contributed by atoms with E-state index in [1.54, 1.807) is 7.05 Å². The Bertz CT molecular complexity index is 1500. The van der Waals surface area contributed by atoms with Gasteiger partial charge in [0, 0.05) is 37.4 Å². The summed E-state index contributed by atoms with van der Waals surface area (Å²) >= 11 is 6.36. The Morgan fingerprint density at radius 2 is 1.88 bits per heavy atom. The topological polar surface area (TPSA) is 65.1 Å².